The molecule has 2 rings (SSSR count). The van der Waals surface area contributed by atoms with Gasteiger partial charge >= 0.3 is 0 Å². The standard InChI is InChI=1S/C10H6ClF3N2/c11-5-6-3-4-16(15-6)8-2-1-7(12)9(13)10(8)14/h1-4H,5H2. The Bertz CT molecular complexity index is 525. The fourth-order valence-electron chi connectivity index (χ4n) is 1.26. The minimum atomic E-state index is -1.51. The van der Waals surface area contributed by atoms with Crippen LogP contribution >= 0.6 is 11.6 Å². The summed E-state index contributed by atoms with van der Waals surface area (Å²) in [5, 5.41) is 3.89. The van der Waals surface area contributed by atoms with E-state index in [4.69, 9.17) is 11.6 Å². The van der Waals surface area contributed by atoms with Crippen LogP contribution in [0, 0.1) is 17.5 Å². The Balaban J connectivity index is 2.52. The van der Waals surface area contributed by atoms with E-state index in [9.17, 15) is 13.2 Å². The predicted octanol–water partition coefficient (Wildman–Crippen LogP) is 3.03. The number of rotatable bonds is 2. The summed E-state index contributed by atoms with van der Waals surface area (Å²) >= 11 is 5.52. The molecule has 0 saturated heterocycles. The topological polar surface area (TPSA) is 17.8 Å². The van der Waals surface area contributed by atoms with E-state index in [-0.39, 0.29) is 11.6 Å². The van der Waals surface area contributed by atoms with Gasteiger partial charge in [0.05, 0.1) is 11.6 Å². The number of aromatic nitrogens is 2. The highest BCUT2D eigenvalue weighted by molar-refractivity contribution is 6.16. The number of halogens is 4. The summed E-state index contributed by atoms with van der Waals surface area (Å²) in [4.78, 5) is 0. The van der Waals surface area contributed by atoms with Crippen LogP contribution in [0.2, 0.25) is 0 Å². The van der Waals surface area contributed by atoms with Crippen LogP contribution in [0.25, 0.3) is 5.69 Å². The molecule has 84 valence electrons. The lowest BCUT2D eigenvalue weighted by molar-refractivity contribution is 0.443. The summed E-state index contributed by atoms with van der Waals surface area (Å²) in [5.41, 5.74) is 0.362. The van der Waals surface area contributed by atoms with E-state index < -0.39 is 17.5 Å². The number of hydrogen-bond donors (Lipinski definition) is 0. The predicted molar refractivity (Wildman–Crippen MR) is 53.0 cm³/mol. The van der Waals surface area contributed by atoms with E-state index in [0.29, 0.717) is 5.69 Å². The third-order valence-corrected chi connectivity index (χ3v) is 2.32. The fraction of sp³-hybridized carbons (Fsp3) is 0.100. The highest BCUT2D eigenvalue weighted by Gasteiger charge is 2.15. The van der Waals surface area contributed by atoms with Crippen LogP contribution in [0.1, 0.15) is 5.69 Å². The molecule has 6 heteroatoms. The largest absolute Gasteiger partial charge is 0.238 e. The quantitative estimate of drug-likeness (QED) is 0.588. The molecule has 0 fully saturated rings. The fourth-order valence-corrected chi connectivity index (χ4v) is 1.40. The second-order valence-corrected chi connectivity index (χ2v) is 3.35. The molecule has 0 radical (unpaired) electrons. The van der Waals surface area contributed by atoms with Gasteiger partial charge in [0.2, 0.25) is 0 Å². The molecule has 0 aliphatic heterocycles. The molecule has 0 bridgehead atoms. The molecule has 0 atom stereocenters. The number of hydrogen-bond acceptors (Lipinski definition) is 1. The second-order valence-electron chi connectivity index (χ2n) is 3.08. The van der Waals surface area contributed by atoms with E-state index in [1.165, 1.54) is 6.20 Å². The van der Waals surface area contributed by atoms with Crippen LogP contribution in [0.15, 0.2) is 24.4 Å². The molecule has 0 N–H and O–H groups in total. The Morgan fingerprint density at radius 3 is 2.50 bits per heavy atom. The lowest BCUT2D eigenvalue weighted by Crippen LogP contribution is -2.02. The van der Waals surface area contributed by atoms with Gasteiger partial charge in [0, 0.05) is 6.20 Å². The minimum Gasteiger partial charge on any atom is -0.238 e. The van der Waals surface area contributed by atoms with Crippen molar-refractivity contribution >= 4 is 11.6 Å². The van der Waals surface area contributed by atoms with Gasteiger partial charge in [-0.2, -0.15) is 5.10 Å². The van der Waals surface area contributed by atoms with Gasteiger partial charge in [-0.3, -0.25) is 0 Å². The van der Waals surface area contributed by atoms with Crippen molar-refractivity contribution in [2.45, 2.75) is 5.88 Å². The molecule has 2 aromatic rings. The third kappa shape index (κ3) is 1.78. The Kier molecular flexibility index (Phi) is 2.87. The van der Waals surface area contributed by atoms with E-state index in [0.717, 1.165) is 16.8 Å². The van der Waals surface area contributed by atoms with Gasteiger partial charge in [-0.05, 0) is 18.2 Å². The van der Waals surface area contributed by atoms with Gasteiger partial charge in [-0.15, -0.1) is 11.6 Å². The SMILES string of the molecule is Fc1ccc(-n2ccc(CCl)n2)c(F)c1F. The summed E-state index contributed by atoms with van der Waals surface area (Å²) in [6, 6.07) is 3.52. The van der Waals surface area contributed by atoms with Gasteiger partial charge in [-0.25, -0.2) is 17.9 Å². The van der Waals surface area contributed by atoms with E-state index in [1.807, 2.05) is 0 Å². The zero-order chi connectivity index (χ0) is 11.7. The molecule has 0 amide bonds. The Morgan fingerprint density at radius 2 is 1.88 bits per heavy atom. The van der Waals surface area contributed by atoms with Crippen LogP contribution in [-0.4, -0.2) is 9.78 Å². The monoisotopic (exact) mass is 246 g/mol. The Hall–Kier alpha value is -1.49. The third-order valence-electron chi connectivity index (χ3n) is 2.04. The first-order chi connectivity index (χ1) is 7.63. The molecule has 0 saturated carbocycles. The average Bonchev–Trinajstić information content (AvgIpc) is 2.74. The molecule has 1 aromatic heterocycles. The van der Waals surface area contributed by atoms with Gasteiger partial charge in [0.1, 0.15) is 5.69 Å². The van der Waals surface area contributed by atoms with Crippen LogP contribution in [-0.2, 0) is 5.88 Å². The van der Waals surface area contributed by atoms with Crippen LogP contribution < -0.4 is 0 Å². The van der Waals surface area contributed by atoms with Crippen molar-refractivity contribution in [2.24, 2.45) is 0 Å². The first kappa shape index (κ1) is 11.0. The highest BCUT2D eigenvalue weighted by atomic mass is 35.5. The van der Waals surface area contributed by atoms with Crippen LogP contribution in [0.5, 0.6) is 0 Å². The maximum atomic E-state index is 13.4. The van der Waals surface area contributed by atoms with Crippen molar-refractivity contribution in [1.29, 1.82) is 0 Å². The van der Waals surface area contributed by atoms with E-state index in [1.54, 1.807) is 6.07 Å². The van der Waals surface area contributed by atoms with Gasteiger partial charge in [0.15, 0.2) is 17.5 Å². The molecule has 16 heavy (non-hydrogen) atoms. The first-order valence-corrected chi connectivity index (χ1v) is 4.91. The number of alkyl halides is 1. The molecule has 0 aliphatic carbocycles. The molecule has 1 heterocycles. The second kappa shape index (κ2) is 4.17. The normalized spacial score (nSPS) is 10.8. The molecular formula is C10H6ClF3N2. The van der Waals surface area contributed by atoms with Gasteiger partial charge < -0.3 is 0 Å². The number of nitrogens with zero attached hydrogens (tertiary/aromatic N) is 2. The Morgan fingerprint density at radius 1 is 1.12 bits per heavy atom. The zero-order valence-electron chi connectivity index (χ0n) is 7.92. The average molecular weight is 247 g/mol. The maximum Gasteiger partial charge on any atom is 0.196 e. The molecule has 0 aliphatic rings. The lowest BCUT2D eigenvalue weighted by atomic mass is 10.3. The summed E-state index contributed by atoms with van der Waals surface area (Å²) in [7, 11) is 0. The summed E-state index contributed by atoms with van der Waals surface area (Å²) in [5.74, 6) is -3.85. The van der Waals surface area contributed by atoms with Gasteiger partial charge in [-0.1, -0.05) is 0 Å². The number of benzene rings is 1. The lowest BCUT2D eigenvalue weighted by Gasteiger charge is -2.04. The van der Waals surface area contributed by atoms with E-state index in [2.05, 4.69) is 5.10 Å². The van der Waals surface area contributed by atoms with Crippen LogP contribution in [0.3, 0.4) is 0 Å². The van der Waals surface area contributed by atoms with Gasteiger partial charge in [0.25, 0.3) is 0 Å². The zero-order valence-corrected chi connectivity index (χ0v) is 8.68. The molecule has 0 spiro atoms. The summed E-state index contributed by atoms with van der Waals surface area (Å²) in [6.07, 6.45) is 1.42. The van der Waals surface area contributed by atoms with Crippen molar-refractivity contribution in [3.05, 3.63) is 47.5 Å². The Labute approximate surface area is 94.3 Å². The molecular weight excluding hydrogens is 241 g/mol. The molecule has 0 unspecified atom stereocenters. The van der Waals surface area contributed by atoms with Crippen molar-refractivity contribution in [1.82, 2.24) is 9.78 Å². The maximum absolute atomic E-state index is 13.4. The molecule has 1 aromatic carbocycles. The van der Waals surface area contributed by atoms with Crippen molar-refractivity contribution in [2.75, 3.05) is 0 Å². The van der Waals surface area contributed by atoms with Crippen LogP contribution in [0.4, 0.5) is 13.2 Å². The first-order valence-electron chi connectivity index (χ1n) is 4.38. The minimum absolute atomic E-state index is 0.157. The van der Waals surface area contributed by atoms with E-state index >= 15 is 0 Å². The van der Waals surface area contributed by atoms with Crippen molar-refractivity contribution in [3.63, 3.8) is 0 Å². The summed E-state index contributed by atoms with van der Waals surface area (Å²) < 4.78 is 40.1. The van der Waals surface area contributed by atoms with Crippen molar-refractivity contribution in [3.8, 4) is 5.69 Å². The smallest absolute Gasteiger partial charge is 0.196 e. The van der Waals surface area contributed by atoms with Crippen molar-refractivity contribution < 1.29 is 13.2 Å². The summed E-state index contributed by atoms with van der Waals surface area (Å²) in [6.45, 7) is 0. The molecule has 2 nitrogen and oxygen atoms in total. The highest BCUT2D eigenvalue weighted by Crippen LogP contribution is 2.18.